The van der Waals surface area contributed by atoms with Crippen LogP contribution in [0.1, 0.15) is 6.42 Å². The summed E-state index contributed by atoms with van der Waals surface area (Å²) in [7, 11) is 0. The number of carbonyl (C=O) groups excluding carboxylic acids is 2. The van der Waals surface area contributed by atoms with Gasteiger partial charge in [0.15, 0.2) is 0 Å². The molecule has 27 heavy (non-hydrogen) atoms. The third-order valence-corrected chi connectivity index (χ3v) is 5.29. The molecule has 0 aromatic heterocycles. The molecule has 4 rings (SSSR count). The first kappa shape index (κ1) is 17.8. The Morgan fingerprint density at radius 3 is 2.63 bits per heavy atom. The average Bonchev–Trinajstić information content (AvgIpc) is 3.05. The minimum atomic E-state index is -0.441. The lowest BCUT2D eigenvalue weighted by Crippen LogP contribution is -2.28. The molecular weight excluding hydrogens is 383 g/mol. The Kier molecular flexibility index (Phi) is 4.77. The van der Waals surface area contributed by atoms with Crippen LogP contribution in [-0.4, -0.2) is 18.4 Å². The second kappa shape index (κ2) is 7.22. The van der Waals surface area contributed by atoms with Gasteiger partial charge in [-0.25, -0.2) is 0 Å². The molecule has 0 saturated carbocycles. The second-order valence-electron chi connectivity index (χ2n) is 6.52. The van der Waals surface area contributed by atoms with E-state index in [1.807, 2.05) is 42.5 Å². The van der Waals surface area contributed by atoms with Gasteiger partial charge < -0.3 is 10.2 Å². The number of hydrogen-bond acceptors (Lipinski definition) is 2. The van der Waals surface area contributed by atoms with Crippen molar-refractivity contribution >= 4 is 57.2 Å². The number of anilines is 2. The minimum Gasteiger partial charge on any atom is -0.324 e. The van der Waals surface area contributed by atoms with Gasteiger partial charge in [0.2, 0.25) is 11.8 Å². The molecule has 2 amide bonds. The van der Waals surface area contributed by atoms with Crippen LogP contribution in [0.4, 0.5) is 11.4 Å². The van der Waals surface area contributed by atoms with Gasteiger partial charge in [-0.2, -0.15) is 0 Å². The summed E-state index contributed by atoms with van der Waals surface area (Å²) in [6.45, 7) is 0.337. The fourth-order valence-electron chi connectivity index (χ4n) is 3.39. The summed E-state index contributed by atoms with van der Waals surface area (Å²) in [5.74, 6) is -0.729. The van der Waals surface area contributed by atoms with Crippen LogP contribution < -0.4 is 10.2 Å². The standard InChI is InChI=1S/C21H16Cl2N2O2/c22-15-8-9-18(17(23)11-15)24-21(27)14-10-20(26)25(12-14)19-7-3-5-13-4-1-2-6-16(13)19/h1-9,11,14H,10,12H2,(H,24,27)/t14-/m0/s1. The second-order valence-corrected chi connectivity index (χ2v) is 7.36. The first-order valence-electron chi connectivity index (χ1n) is 8.57. The maximum absolute atomic E-state index is 12.7. The van der Waals surface area contributed by atoms with Crippen LogP contribution in [0.5, 0.6) is 0 Å². The van der Waals surface area contributed by atoms with Crippen molar-refractivity contribution in [2.45, 2.75) is 6.42 Å². The Labute approximate surface area is 166 Å². The Morgan fingerprint density at radius 1 is 1.04 bits per heavy atom. The summed E-state index contributed by atoms with van der Waals surface area (Å²) in [6, 6.07) is 18.6. The maximum atomic E-state index is 12.7. The molecule has 0 aliphatic carbocycles. The molecule has 0 unspecified atom stereocenters. The number of nitrogens with one attached hydrogen (secondary N) is 1. The number of carbonyl (C=O) groups is 2. The van der Waals surface area contributed by atoms with Crippen LogP contribution in [-0.2, 0) is 9.59 Å². The van der Waals surface area contributed by atoms with E-state index in [9.17, 15) is 9.59 Å². The van der Waals surface area contributed by atoms with Crippen molar-refractivity contribution in [3.8, 4) is 0 Å². The number of amides is 2. The van der Waals surface area contributed by atoms with Crippen molar-refractivity contribution in [3.63, 3.8) is 0 Å². The van der Waals surface area contributed by atoms with Crippen LogP contribution in [0.3, 0.4) is 0 Å². The van der Waals surface area contributed by atoms with Crippen molar-refractivity contribution < 1.29 is 9.59 Å². The van der Waals surface area contributed by atoms with E-state index in [1.54, 1.807) is 23.1 Å². The van der Waals surface area contributed by atoms with E-state index in [2.05, 4.69) is 5.32 Å². The highest BCUT2D eigenvalue weighted by molar-refractivity contribution is 6.36. The molecule has 1 aliphatic rings. The number of halogens is 2. The Morgan fingerprint density at radius 2 is 1.81 bits per heavy atom. The Hall–Kier alpha value is -2.56. The van der Waals surface area contributed by atoms with Crippen LogP contribution in [0.25, 0.3) is 10.8 Å². The third kappa shape index (κ3) is 3.51. The summed E-state index contributed by atoms with van der Waals surface area (Å²) in [6.07, 6.45) is 0.167. The van der Waals surface area contributed by atoms with E-state index in [1.165, 1.54) is 0 Å². The predicted octanol–water partition coefficient (Wildman–Crippen LogP) is 5.14. The molecule has 1 aliphatic heterocycles. The van der Waals surface area contributed by atoms with Gasteiger partial charge in [-0.3, -0.25) is 9.59 Å². The van der Waals surface area contributed by atoms with Gasteiger partial charge in [0.1, 0.15) is 0 Å². The summed E-state index contributed by atoms with van der Waals surface area (Å²) < 4.78 is 0. The molecule has 1 N–H and O–H groups in total. The van der Waals surface area contributed by atoms with Crippen molar-refractivity contribution in [3.05, 3.63) is 70.7 Å². The zero-order chi connectivity index (χ0) is 19.0. The van der Waals surface area contributed by atoms with E-state index in [0.29, 0.717) is 22.3 Å². The SMILES string of the molecule is O=C(Nc1ccc(Cl)cc1Cl)[C@H]1CC(=O)N(c2cccc3ccccc23)C1. The minimum absolute atomic E-state index is 0.0614. The molecule has 0 bridgehead atoms. The molecule has 6 heteroatoms. The average molecular weight is 399 g/mol. The van der Waals surface area contributed by atoms with Gasteiger partial charge >= 0.3 is 0 Å². The van der Waals surface area contributed by atoms with E-state index >= 15 is 0 Å². The van der Waals surface area contributed by atoms with E-state index < -0.39 is 5.92 Å². The molecule has 1 saturated heterocycles. The van der Waals surface area contributed by atoms with E-state index in [4.69, 9.17) is 23.2 Å². The lowest BCUT2D eigenvalue weighted by molar-refractivity contribution is -0.122. The molecule has 1 atom stereocenters. The number of nitrogens with zero attached hydrogens (tertiary/aromatic N) is 1. The van der Waals surface area contributed by atoms with Crippen LogP contribution in [0.2, 0.25) is 10.0 Å². The van der Waals surface area contributed by atoms with Gasteiger partial charge in [-0.1, -0.05) is 59.6 Å². The summed E-state index contributed by atoms with van der Waals surface area (Å²) in [5.41, 5.74) is 1.32. The smallest absolute Gasteiger partial charge is 0.229 e. The lowest BCUT2D eigenvalue weighted by atomic mass is 10.1. The topological polar surface area (TPSA) is 49.4 Å². The fraction of sp³-hybridized carbons (Fsp3) is 0.143. The monoisotopic (exact) mass is 398 g/mol. The summed E-state index contributed by atoms with van der Waals surface area (Å²) in [4.78, 5) is 26.9. The highest BCUT2D eigenvalue weighted by atomic mass is 35.5. The zero-order valence-electron chi connectivity index (χ0n) is 14.3. The Bertz CT molecular complexity index is 1050. The van der Waals surface area contributed by atoms with Crippen molar-refractivity contribution in [1.29, 1.82) is 0 Å². The van der Waals surface area contributed by atoms with Crippen molar-refractivity contribution in [1.82, 2.24) is 0 Å². The highest BCUT2D eigenvalue weighted by Crippen LogP contribution is 2.32. The highest BCUT2D eigenvalue weighted by Gasteiger charge is 2.35. The normalized spacial score (nSPS) is 16.7. The Balaban J connectivity index is 1.56. The van der Waals surface area contributed by atoms with Crippen molar-refractivity contribution in [2.24, 2.45) is 5.92 Å². The molecular formula is C21H16Cl2N2O2. The summed E-state index contributed by atoms with van der Waals surface area (Å²) >= 11 is 12.0. The largest absolute Gasteiger partial charge is 0.324 e. The first-order chi connectivity index (χ1) is 13.0. The molecule has 3 aromatic carbocycles. The third-order valence-electron chi connectivity index (χ3n) is 4.74. The predicted molar refractivity (Wildman–Crippen MR) is 109 cm³/mol. The molecule has 0 spiro atoms. The molecule has 0 radical (unpaired) electrons. The van der Waals surface area contributed by atoms with E-state index in [0.717, 1.165) is 16.5 Å². The quantitative estimate of drug-likeness (QED) is 0.663. The van der Waals surface area contributed by atoms with Crippen LogP contribution in [0, 0.1) is 5.92 Å². The van der Waals surface area contributed by atoms with Crippen molar-refractivity contribution in [2.75, 3.05) is 16.8 Å². The first-order valence-corrected chi connectivity index (χ1v) is 9.32. The molecule has 1 heterocycles. The number of fused-ring (bicyclic) bond motifs is 1. The number of benzene rings is 3. The van der Waals surface area contributed by atoms with E-state index in [-0.39, 0.29) is 18.2 Å². The number of hydrogen-bond donors (Lipinski definition) is 1. The zero-order valence-corrected chi connectivity index (χ0v) is 15.8. The molecule has 3 aromatic rings. The van der Waals surface area contributed by atoms with Gasteiger partial charge in [-0.05, 0) is 29.7 Å². The summed E-state index contributed by atoms with van der Waals surface area (Å²) in [5, 5.41) is 5.72. The van der Waals surface area contributed by atoms with Gasteiger partial charge in [-0.15, -0.1) is 0 Å². The van der Waals surface area contributed by atoms with Crippen LogP contribution >= 0.6 is 23.2 Å². The maximum Gasteiger partial charge on any atom is 0.229 e. The lowest BCUT2D eigenvalue weighted by Gasteiger charge is -2.19. The fourth-order valence-corrected chi connectivity index (χ4v) is 3.84. The molecule has 1 fully saturated rings. The van der Waals surface area contributed by atoms with Gasteiger partial charge in [0.05, 0.1) is 22.3 Å². The van der Waals surface area contributed by atoms with Crippen LogP contribution in [0.15, 0.2) is 60.7 Å². The molecule has 4 nitrogen and oxygen atoms in total. The van der Waals surface area contributed by atoms with Gasteiger partial charge in [0.25, 0.3) is 0 Å². The van der Waals surface area contributed by atoms with Gasteiger partial charge in [0, 0.05) is 23.4 Å². The molecule has 136 valence electrons. The number of rotatable bonds is 3.